The Bertz CT molecular complexity index is 567. The lowest BCUT2D eigenvalue weighted by Gasteiger charge is -2.19. The van der Waals surface area contributed by atoms with Crippen molar-refractivity contribution in [2.45, 2.75) is 39.7 Å². The summed E-state index contributed by atoms with van der Waals surface area (Å²) < 4.78 is 23.7. The van der Waals surface area contributed by atoms with Crippen LogP contribution < -0.4 is 10.1 Å². The van der Waals surface area contributed by atoms with Crippen molar-refractivity contribution >= 4 is 6.09 Å². The molecule has 0 saturated carbocycles. The fourth-order valence-corrected chi connectivity index (χ4v) is 1.58. The average Bonchev–Trinajstić information content (AvgIpc) is 2.39. The molecule has 0 atom stereocenters. The zero-order chi connectivity index (χ0) is 16.6. The van der Waals surface area contributed by atoms with Crippen LogP contribution in [0.1, 0.15) is 39.7 Å². The van der Waals surface area contributed by atoms with Crippen molar-refractivity contribution in [2.75, 3.05) is 13.2 Å². The highest BCUT2D eigenvalue weighted by Gasteiger charge is 2.15. The van der Waals surface area contributed by atoms with Gasteiger partial charge in [0.2, 0.25) is 0 Å². The van der Waals surface area contributed by atoms with E-state index >= 15 is 0 Å². The molecular formula is C17H22FNO3. The molecule has 1 N–H and O–H groups in total. The summed E-state index contributed by atoms with van der Waals surface area (Å²) in [7, 11) is 0. The van der Waals surface area contributed by atoms with Crippen LogP contribution in [0.2, 0.25) is 0 Å². The molecule has 0 heterocycles. The predicted octanol–water partition coefficient (Wildman–Crippen LogP) is 3.49. The van der Waals surface area contributed by atoms with Crippen LogP contribution in [0, 0.1) is 17.7 Å². The highest BCUT2D eigenvalue weighted by molar-refractivity contribution is 5.67. The van der Waals surface area contributed by atoms with Gasteiger partial charge in [0.15, 0.2) is 0 Å². The normalized spacial score (nSPS) is 10.4. The van der Waals surface area contributed by atoms with Crippen molar-refractivity contribution in [2.24, 2.45) is 0 Å². The summed E-state index contributed by atoms with van der Waals surface area (Å²) in [6, 6.07) is 4.22. The van der Waals surface area contributed by atoms with E-state index in [1.54, 1.807) is 26.8 Å². The molecule has 120 valence electrons. The van der Waals surface area contributed by atoms with E-state index < -0.39 is 11.7 Å². The molecule has 0 radical (unpaired) electrons. The zero-order valence-corrected chi connectivity index (χ0v) is 13.5. The molecule has 4 nitrogen and oxygen atoms in total. The number of ether oxygens (including phenoxy) is 2. The van der Waals surface area contributed by atoms with E-state index in [0.717, 1.165) is 0 Å². The Hall–Kier alpha value is -2.22. The van der Waals surface area contributed by atoms with Crippen LogP contribution in [0.15, 0.2) is 18.2 Å². The van der Waals surface area contributed by atoms with Gasteiger partial charge < -0.3 is 14.8 Å². The smallest absolute Gasteiger partial charge is 0.407 e. The minimum atomic E-state index is -0.524. The van der Waals surface area contributed by atoms with Crippen LogP contribution in [-0.4, -0.2) is 24.8 Å². The van der Waals surface area contributed by atoms with Gasteiger partial charge in [0.05, 0.1) is 12.2 Å². The Balaban J connectivity index is 2.51. The van der Waals surface area contributed by atoms with Crippen LogP contribution in [0.4, 0.5) is 9.18 Å². The second kappa shape index (κ2) is 8.28. The van der Waals surface area contributed by atoms with Gasteiger partial charge in [0.1, 0.15) is 17.2 Å². The number of alkyl carbamates (subject to hydrolysis) is 1. The van der Waals surface area contributed by atoms with Crippen molar-refractivity contribution in [1.29, 1.82) is 0 Å². The predicted molar refractivity (Wildman–Crippen MR) is 83.3 cm³/mol. The molecule has 0 aromatic heterocycles. The molecule has 0 spiro atoms. The van der Waals surface area contributed by atoms with Crippen molar-refractivity contribution in [1.82, 2.24) is 5.32 Å². The van der Waals surface area contributed by atoms with Crippen LogP contribution in [0.3, 0.4) is 0 Å². The molecular weight excluding hydrogens is 285 g/mol. The Labute approximate surface area is 131 Å². The summed E-state index contributed by atoms with van der Waals surface area (Å²) in [5.74, 6) is 5.92. The Morgan fingerprint density at radius 3 is 2.73 bits per heavy atom. The topological polar surface area (TPSA) is 47.6 Å². The number of benzene rings is 1. The van der Waals surface area contributed by atoms with E-state index in [9.17, 15) is 9.18 Å². The monoisotopic (exact) mass is 307 g/mol. The van der Waals surface area contributed by atoms with Gasteiger partial charge >= 0.3 is 6.09 Å². The van der Waals surface area contributed by atoms with Gasteiger partial charge in [-0.1, -0.05) is 11.8 Å². The molecule has 1 rings (SSSR count). The number of halogens is 1. The maximum atomic E-state index is 13.2. The number of rotatable bonds is 4. The van der Waals surface area contributed by atoms with Gasteiger partial charge in [0, 0.05) is 13.0 Å². The Kier molecular flexibility index (Phi) is 6.71. The third-order valence-electron chi connectivity index (χ3n) is 2.38. The number of amides is 1. The summed E-state index contributed by atoms with van der Waals surface area (Å²) in [5, 5.41) is 2.61. The first-order valence-electron chi connectivity index (χ1n) is 7.20. The molecule has 1 amide bonds. The number of nitrogens with one attached hydrogen (secondary N) is 1. The molecule has 22 heavy (non-hydrogen) atoms. The highest BCUT2D eigenvalue weighted by atomic mass is 19.1. The van der Waals surface area contributed by atoms with Crippen molar-refractivity contribution < 1.29 is 18.7 Å². The summed E-state index contributed by atoms with van der Waals surface area (Å²) in [6.45, 7) is 8.09. The van der Waals surface area contributed by atoms with E-state index in [1.807, 2.05) is 6.92 Å². The molecule has 0 unspecified atom stereocenters. The summed E-state index contributed by atoms with van der Waals surface area (Å²) in [4.78, 5) is 11.4. The van der Waals surface area contributed by atoms with Gasteiger partial charge in [0.25, 0.3) is 0 Å². The minimum Gasteiger partial charge on any atom is -0.493 e. The molecule has 0 fully saturated rings. The average molecular weight is 307 g/mol. The van der Waals surface area contributed by atoms with Gasteiger partial charge in [-0.3, -0.25) is 0 Å². The number of carbonyl (C=O) groups is 1. The second-order valence-electron chi connectivity index (χ2n) is 5.55. The van der Waals surface area contributed by atoms with E-state index in [4.69, 9.17) is 9.47 Å². The lowest BCUT2D eigenvalue weighted by molar-refractivity contribution is 0.0529. The fourth-order valence-electron chi connectivity index (χ4n) is 1.58. The van der Waals surface area contributed by atoms with Crippen molar-refractivity contribution in [3.05, 3.63) is 29.6 Å². The van der Waals surface area contributed by atoms with Crippen LogP contribution in [0.25, 0.3) is 0 Å². The molecule has 0 saturated heterocycles. The quantitative estimate of drug-likeness (QED) is 0.684. The molecule has 0 aliphatic carbocycles. The zero-order valence-electron chi connectivity index (χ0n) is 13.5. The first-order valence-corrected chi connectivity index (χ1v) is 7.20. The van der Waals surface area contributed by atoms with E-state index in [1.165, 1.54) is 12.1 Å². The maximum absolute atomic E-state index is 13.2. The van der Waals surface area contributed by atoms with Gasteiger partial charge in [-0.05, 0) is 45.9 Å². The summed E-state index contributed by atoms with van der Waals surface area (Å²) >= 11 is 0. The molecule has 1 aromatic carbocycles. The molecule has 0 aliphatic rings. The number of hydrogen-bond donors (Lipinski definition) is 1. The van der Waals surface area contributed by atoms with Gasteiger partial charge in [-0.15, -0.1) is 0 Å². The highest BCUT2D eigenvalue weighted by Crippen LogP contribution is 2.18. The Morgan fingerprint density at radius 2 is 2.09 bits per heavy atom. The molecule has 0 bridgehead atoms. The van der Waals surface area contributed by atoms with Gasteiger partial charge in [-0.25, -0.2) is 9.18 Å². The fraction of sp³-hybridized carbons (Fsp3) is 0.471. The molecule has 5 heteroatoms. The van der Waals surface area contributed by atoms with Crippen molar-refractivity contribution in [3.63, 3.8) is 0 Å². The van der Waals surface area contributed by atoms with Gasteiger partial charge in [-0.2, -0.15) is 0 Å². The second-order valence-corrected chi connectivity index (χ2v) is 5.55. The van der Waals surface area contributed by atoms with Crippen LogP contribution in [0.5, 0.6) is 5.75 Å². The van der Waals surface area contributed by atoms with Crippen LogP contribution >= 0.6 is 0 Å². The first kappa shape index (κ1) is 17.8. The van der Waals surface area contributed by atoms with Crippen molar-refractivity contribution in [3.8, 4) is 17.6 Å². The van der Waals surface area contributed by atoms with E-state index in [0.29, 0.717) is 30.9 Å². The SMILES string of the molecule is CCOc1ccc(F)cc1C#CCCNC(=O)OC(C)(C)C. The maximum Gasteiger partial charge on any atom is 0.407 e. The third kappa shape index (κ3) is 6.98. The van der Waals surface area contributed by atoms with Crippen LogP contribution in [-0.2, 0) is 4.74 Å². The molecule has 0 aliphatic heterocycles. The molecule has 1 aromatic rings. The number of carbonyl (C=O) groups excluding carboxylic acids is 1. The lowest BCUT2D eigenvalue weighted by Crippen LogP contribution is -2.32. The largest absolute Gasteiger partial charge is 0.493 e. The summed E-state index contributed by atoms with van der Waals surface area (Å²) in [5.41, 5.74) is -0.0249. The third-order valence-corrected chi connectivity index (χ3v) is 2.38. The standard InChI is InChI=1S/C17H22FNO3/c1-5-21-15-10-9-14(18)12-13(15)8-6-7-11-19-16(20)22-17(2,3)4/h9-10,12H,5,7,11H2,1-4H3,(H,19,20). The minimum absolute atomic E-state index is 0.361. The first-order chi connectivity index (χ1) is 10.3. The lowest BCUT2D eigenvalue weighted by atomic mass is 10.2. The number of hydrogen-bond acceptors (Lipinski definition) is 3. The summed E-state index contributed by atoms with van der Waals surface area (Å²) in [6.07, 6.45) is -0.0449. The van der Waals surface area contributed by atoms with E-state index in [-0.39, 0.29) is 5.82 Å². The van der Waals surface area contributed by atoms with E-state index in [2.05, 4.69) is 17.2 Å². The Morgan fingerprint density at radius 1 is 1.36 bits per heavy atom.